The van der Waals surface area contributed by atoms with Gasteiger partial charge in [0, 0.05) is 12.1 Å². The normalized spacial score (nSPS) is 24.3. The third-order valence-electron chi connectivity index (χ3n) is 2.09. The van der Waals surface area contributed by atoms with Crippen LogP contribution in [-0.2, 0) is 9.53 Å². The van der Waals surface area contributed by atoms with Gasteiger partial charge in [-0.1, -0.05) is 0 Å². The van der Waals surface area contributed by atoms with Crippen molar-refractivity contribution in [3.05, 3.63) is 39.9 Å². The molecule has 0 saturated carbocycles. The fourth-order valence-electron chi connectivity index (χ4n) is 1.28. The Bertz CT molecular complexity index is 373. The van der Waals surface area contributed by atoms with Crippen LogP contribution in [0.5, 0.6) is 0 Å². The number of rotatable bonds is 3. The molecule has 0 N–H and O–H groups in total. The molecule has 0 aromatic heterocycles. The number of aldehydes is 1. The molecule has 0 aliphatic carbocycles. The number of nitro groups is 1. The molecular formula is C9H7NO4. The highest BCUT2D eigenvalue weighted by Crippen LogP contribution is 2.37. The molecule has 1 saturated heterocycles. The first-order chi connectivity index (χ1) is 6.72. The van der Waals surface area contributed by atoms with Crippen LogP contribution in [0.25, 0.3) is 0 Å². The number of epoxide rings is 1. The molecule has 1 aromatic carbocycles. The topological polar surface area (TPSA) is 72.7 Å². The van der Waals surface area contributed by atoms with Gasteiger partial charge in [-0.15, -0.1) is 0 Å². The molecule has 2 unspecified atom stereocenters. The van der Waals surface area contributed by atoms with Gasteiger partial charge in [-0.05, 0) is 17.7 Å². The summed E-state index contributed by atoms with van der Waals surface area (Å²) in [5.41, 5.74) is 0.838. The third kappa shape index (κ3) is 1.49. The number of benzene rings is 1. The summed E-state index contributed by atoms with van der Waals surface area (Å²) in [5.74, 6) is 0. The first kappa shape index (κ1) is 8.83. The summed E-state index contributed by atoms with van der Waals surface area (Å²) < 4.78 is 5.01. The van der Waals surface area contributed by atoms with E-state index in [1.54, 1.807) is 12.1 Å². The van der Waals surface area contributed by atoms with E-state index in [0.717, 1.165) is 11.8 Å². The van der Waals surface area contributed by atoms with Crippen molar-refractivity contribution in [2.75, 3.05) is 0 Å². The van der Waals surface area contributed by atoms with Crippen LogP contribution >= 0.6 is 0 Å². The second-order valence-corrected chi connectivity index (χ2v) is 3.01. The molecular weight excluding hydrogens is 186 g/mol. The van der Waals surface area contributed by atoms with Crippen LogP contribution in [0.1, 0.15) is 11.7 Å². The minimum atomic E-state index is -0.464. The fourth-order valence-corrected chi connectivity index (χ4v) is 1.28. The van der Waals surface area contributed by atoms with Crippen molar-refractivity contribution in [2.24, 2.45) is 0 Å². The Morgan fingerprint density at radius 3 is 2.43 bits per heavy atom. The summed E-state index contributed by atoms with van der Waals surface area (Å²) >= 11 is 0. The van der Waals surface area contributed by atoms with Crippen LogP contribution in [0.15, 0.2) is 24.3 Å². The van der Waals surface area contributed by atoms with Gasteiger partial charge in [0.1, 0.15) is 12.2 Å². The van der Waals surface area contributed by atoms with Gasteiger partial charge in [0.05, 0.1) is 4.92 Å². The van der Waals surface area contributed by atoms with Crippen molar-refractivity contribution in [3.8, 4) is 0 Å². The predicted octanol–water partition coefficient (Wildman–Crippen LogP) is 1.23. The molecule has 1 aromatic rings. The van der Waals surface area contributed by atoms with Gasteiger partial charge in [-0.2, -0.15) is 0 Å². The summed E-state index contributed by atoms with van der Waals surface area (Å²) in [5, 5.41) is 10.3. The van der Waals surface area contributed by atoms with Crippen LogP contribution in [0.2, 0.25) is 0 Å². The van der Waals surface area contributed by atoms with E-state index in [-0.39, 0.29) is 17.9 Å². The van der Waals surface area contributed by atoms with Gasteiger partial charge < -0.3 is 9.53 Å². The number of hydrogen-bond donors (Lipinski definition) is 0. The second kappa shape index (κ2) is 3.19. The number of carbonyl (C=O) groups is 1. The van der Waals surface area contributed by atoms with E-state index in [9.17, 15) is 14.9 Å². The lowest BCUT2D eigenvalue weighted by atomic mass is 10.1. The zero-order chi connectivity index (χ0) is 10.1. The van der Waals surface area contributed by atoms with Gasteiger partial charge in [-0.25, -0.2) is 0 Å². The van der Waals surface area contributed by atoms with Gasteiger partial charge in [0.15, 0.2) is 6.29 Å². The SMILES string of the molecule is O=CC1OC1c1ccc([N+](=O)[O-])cc1. The Morgan fingerprint density at radius 1 is 1.36 bits per heavy atom. The van der Waals surface area contributed by atoms with E-state index >= 15 is 0 Å². The Balaban J connectivity index is 2.15. The number of ether oxygens (including phenoxy) is 1. The molecule has 0 bridgehead atoms. The smallest absolute Gasteiger partial charge is 0.269 e. The molecule has 5 nitrogen and oxygen atoms in total. The van der Waals surface area contributed by atoms with E-state index in [0.29, 0.717) is 0 Å². The first-order valence-electron chi connectivity index (χ1n) is 4.07. The maximum atomic E-state index is 10.3. The van der Waals surface area contributed by atoms with E-state index in [1.165, 1.54) is 12.1 Å². The highest BCUT2D eigenvalue weighted by atomic mass is 16.6. The molecule has 0 radical (unpaired) electrons. The minimum Gasteiger partial charge on any atom is -0.357 e. The van der Waals surface area contributed by atoms with Gasteiger partial charge >= 0.3 is 0 Å². The number of non-ortho nitro benzene ring substituents is 1. The largest absolute Gasteiger partial charge is 0.357 e. The molecule has 2 rings (SSSR count). The van der Waals surface area contributed by atoms with E-state index in [4.69, 9.17) is 4.74 Å². The summed E-state index contributed by atoms with van der Waals surface area (Å²) in [6.45, 7) is 0. The molecule has 0 amide bonds. The standard InChI is InChI=1S/C9H7NO4/c11-5-8-9(14-8)6-1-3-7(4-2-6)10(12)13/h1-5,8-9H. The number of hydrogen-bond acceptors (Lipinski definition) is 4. The first-order valence-corrected chi connectivity index (χ1v) is 4.07. The molecule has 14 heavy (non-hydrogen) atoms. The number of nitro benzene ring substituents is 1. The maximum absolute atomic E-state index is 10.3. The molecule has 1 aliphatic rings. The van der Waals surface area contributed by atoms with Crippen LogP contribution in [0, 0.1) is 10.1 Å². The van der Waals surface area contributed by atoms with Crippen LogP contribution in [-0.4, -0.2) is 17.3 Å². The maximum Gasteiger partial charge on any atom is 0.269 e. The van der Waals surface area contributed by atoms with Crippen molar-refractivity contribution in [1.82, 2.24) is 0 Å². The van der Waals surface area contributed by atoms with E-state index in [1.807, 2.05) is 0 Å². The average molecular weight is 193 g/mol. The summed E-state index contributed by atoms with van der Waals surface area (Å²) in [6, 6.07) is 6.01. The zero-order valence-electron chi connectivity index (χ0n) is 7.12. The molecule has 72 valence electrons. The lowest BCUT2D eigenvalue weighted by Gasteiger charge is -1.94. The Hall–Kier alpha value is -1.75. The van der Waals surface area contributed by atoms with Gasteiger partial charge in [-0.3, -0.25) is 10.1 Å². The van der Waals surface area contributed by atoms with Gasteiger partial charge in [0.25, 0.3) is 5.69 Å². The van der Waals surface area contributed by atoms with E-state index in [2.05, 4.69) is 0 Å². The lowest BCUT2D eigenvalue weighted by Crippen LogP contribution is -1.91. The quantitative estimate of drug-likeness (QED) is 0.313. The van der Waals surface area contributed by atoms with Crippen LogP contribution < -0.4 is 0 Å². The van der Waals surface area contributed by atoms with Crippen LogP contribution in [0.3, 0.4) is 0 Å². The lowest BCUT2D eigenvalue weighted by molar-refractivity contribution is -0.384. The molecule has 1 aliphatic heterocycles. The molecule has 5 heteroatoms. The molecule has 1 heterocycles. The highest BCUT2D eigenvalue weighted by Gasteiger charge is 2.39. The zero-order valence-corrected chi connectivity index (χ0v) is 7.12. The highest BCUT2D eigenvalue weighted by molar-refractivity contribution is 5.62. The Labute approximate surface area is 79.4 Å². The monoisotopic (exact) mass is 193 g/mol. The predicted molar refractivity (Wildman–Crippen MR) is 46.8 cm³/mol. The van der Waals surface area contributed by atoms with Crippen LogP contribution in [0.4, 0.5) is 5.69 Å². The Morgan fingerprint density at radius 2 is 2.00 bits per heavy atom. The fraction of sp³-hybridized carbons (Fsp3) is 0.222. The van der Waals surface area contributed by atoms with Gasteiger partial charge in [0.2, 0.25) is 0 Å². The number of carbonyl (C=O) groups excluding carboxylic acids is 1. The summed E-state index contributed by atoms with van der Waals surface area (Å²) in [6.07, 6.45) is 0.135. The third-order valence-corrected chi connectivity index (χ3v) is 2.09. The average Bonchev–Trinajstić information content (AvgIpc) is 2.97. The second-order valence-electron chi connectivity index (χ2n) is 3.01. The van der Waals surface area contributed by atoms with Crippen molar-refractivity contribution in [3.63, 3.8) is 0 Å². The summed E-state index contributed by atoms with van der Waals surface area (Å²) in [4.78, 5) is 20.2. The van der Waals surface area contributed by atoms with Crippen molar-refractivity contribution < 1.29 is 14.5 Å². The Kier molecular flexibility index (Phi) is 2.01. The van der Waals surface area contributed by atoms with E-state index < -0.39 is 4.92 Å². The summed E-state index contributed by atoms with van der Waals surface area (Å²) in [7, 11) is 0. The number of nitrogens with zero attached hydrogens (tertiary/aromatic N) is 1. The molecule has 2 atom stereocenters. The molecule has 1 fully saturated rings. The van der Waals surface area contributed by atoms with Crippen molar-refractivity contribution in [1.29, 1.82) is 0 Å². The van der Waals surface area contributed by atoms with Crippen molar-refractivity contribution >= 4 is 12.0 Å². The van der Waals surface area contributed by atoms with Crippen molar-refractivity contribution in [2.45, 2.75) is 12.2 Å². The molecule has 0 spiro atoms. The minimum absolute atomic E-state index is 0.0389.